The van der Waals surface area contributed by atoms with E-state index in [2.05, 4.69) is 0 Å². The van der Waals surface area contributed by atoms with Gasteiger partial charge in [-0.05, 0) is 19.3 Å². The van der Waals surface area contributed by atoms with Gasteiger partial charge in [0.2, 0.25) is 5.91 Å². The van der Waals surface area contributed by atoms with E-state index in [-0.39, 0.29) is 24.0 Å². The van der Waals surface area contributed by atoms with Gasteiger partial charge in [-0.3, -0.25) is 4.79 Å². The van der Waals surface area contributed by atoms with Crippen LogP contribution in [0.15, 0.2) is 12.2 Å². The maximum Gasteiger partial charge on any atom is 0.407 e. The van der Waals surface area contributed by atoms with Gasteiger partial charge in [-0.2, -0.15) is 0 Å². The molecule has 3 aliphatic rings. The van der Waals surface area contributed by atoms with Gasteiger partial charge in [-0.25, -0.2) is 4.79 Å². The van der Waals surface area contributed by atoms with Crippen molar-refractivity contribution >= 4 is 12.0 Å². The van der Waals surface area contributed by atoms with Gasteiger partial charge in [0.05, 0.1) is 17.5 Å². The molecule has 0 aromatic rings. The smallest absolute Gasteiger partial charge is 0.407 e. The van der Waals surface area contributed by atoms with Crippen LogP contribution in [-0.2, 0) is 4.79 Å². The minimum atomic E-state index is -0.877. The molecule has 2 aliphatic heterocycles. The Kier molecular flexibility index (Phi) is 3.01. The molecule has 0 aromatic carbocycles. The van der Waals surface area contributed by atoms with Crippen LogP contribution in [0, 0.1) is 5.41 Å². The molecule has 20 heavy (non-hydrogen) atoms. The fourth-order valence-corrected chi connectivity index (χ4v) is 3.87. The van der Waals surface area contributed by atoms with Crippen molar-refractivity contribution in [1.29, 1.82) is 0 Å². The Morgan fingerprint density at radius 2 is 2.00 bits per heavy atom. The van der Waals surface area contributed by atoms with E-state index in [0.29, 0.717) is 19.5 Å². The second kappa shape index (κ2) is 4.48. The predicted octanol–water partition coefficient (Wildman–Crippen LogP) is 0.633. The van der Waals surface area contributed by atoms with E-state index < -0.39 is 11.5 Å². The first-order valence-electron chi connectivity index (χ1n) is 7.22. The van der Waals surface area contributed by atoms with Crippen molar-refractivity contribution in [2.45, 2.75) is 44.3 Å². The predicted molar refractivity (Wildman–Crippen MR) is 73.1 cm³/mol. The summed E-state index contributed by atoms with van der Waals surface area (Å²) >= 11 is 0. The number of likely N-dealkylation sites (tertiary alicyclic amines) is 2. The largest absolute Gasteiger partial charge is 0.465 e. The summed E-state index contributed by atoms with van der Waals surface area (Å²) < 4.78 is 0. The zero-order chi connectivity index (χ0) is 14.5. The van der Waals surface area contributed by atoms with Crippen LogP contribution in [0.4, 0.5) is 4.79 Å². The van der Waals surface area contributed by atoms with Crippen LogP contribution in [0.25, 0.3) is 0 Å². The number of fused-ring (bicyclic) bond motifs is 2. The lowest BCUT2D eigenvalue weighted by Crippen LogP contribution is -2.53. The van der Waals surface area contributed by atoms with Crippen LogP contribution in [0.5, 0.6) is 0 Å². The van der Waals surface area contributed by atoms with E-state index in [9.17, 15) is 9.59 Å². The Bertz CT molecular complexity index is 478. The molecule has 2 bridgehead atoms. The quantitative estimate of drug-likeness (QED) is 0.726. The van der Waals surface area contributed by atoms with Crippen molar-refractivity contribution in [3.63, 3.8) is 0 Å². The molecule has 4 atom stereocenters. The van der Waals surface area contributed by atoms with Gasteiger partial charge in [-0.1, -0.05) is 19.1 Å². The zero-order valence-corrected chi connectivity index (χ0v) is 11.7. The summed E-state index contributed by atoms with van der Waals surface area (Å²) in [6.45, 7) is 2.99. The molecule has 110 valence electrons. The molecule has 0 spiro atoms. The van der Waals surface area contributed by atoms with Crippen molar-refractivity contribution < 1.29 is 14.7 Å². The fourth-order valence-electron chi connectivity index (χ4n) is 3.87. The van der Waals surface area contributed by atoms with E-state index in [1.54, 1.807) is 0 Å². The van der Waals surface area contributed by atoms with E-state index in [4.69, 9.17) is 10.8 Å². The van der Waals surface area contributed by atoms with E-state index in [0.717, 1.165) is 12.8 Å². The summed E-state index contributed by atoms with van der Waals surface area (Å²) in [7, 11) is 0. The minimum absolute atomic E-state index is 0.0330. The van der Waals surface area contributed by atoms with E-state index in [1.807, 2.05) is 24.0 Å². The monoisotopic (exact) mass is 279 g/mol. The van der Waals surface area contributed by atoms with Crippen LogP contribution in [-0.4, -0.2) is 58.1 Å². The summed E-state index contributed by atoms with van der Waals surface area (Å²) in [4.78, 5) is 27.3. The first-order chi connectivity index (χ1) is 9.47. The van der Waals surface area contributed by atoms with Gasteiger partial charge in [-0.15, -0.1) is 0 Å². The number of piperazine rings is 1. The highest BCUT2D eigenvalue weighted by Crippen LogP contribution is 2.41. The average molecular weight is 279 g/mol. The Morgan fingerprint density at radius 1 is 1.35 bits per heavy atom. The third-order valence-electron chi connectivity index (χ3n) is 5.07. The molecule has 0 radical (unpaired) electrons. The summed E-state index contributed by atoms with van der Waals surface area (Å²) in [6.07, 6.45) is 5.18. The van der Waals surface area contributed by atoms with Gasteiger partial charge < -0.3 is 20.6 Å². The standard InChI is InChI=1S/C14H21N3O3/c1-2-14(4-3-9(15)6-14)12(18)16-7-11-5-10(16)8-17(11)13(19)20/h3-4,9-11H,2,5-8,15H2,1H3,(H,19,20)/t9-,10+,11+,14+/m1/s1. The molecule has 2 heterocycles. The molecule has 6 heteroatoms. The molecule has 2 fully saturated rings. The third kappa shape index (κ3) is 1.82. The van der Waals surface area contributed by atoms with Crippen molar-refractivity contribution in [2.75, 3.05) is 13.1 Å². The highest BCUT2D eigenvalue weighted by atomic mass is 16.4. The van der Waals surface area contributed by atoms with E-state index in [1.165, 1.54) is 4.90 Å². The van der Waals surface area contributed by atoms with Gasteiger partial charge in [0.15, 0.2) is 0 Å². The molecule has 2 saturated heterocycles. The maximum absolute atomic E-state index is 12.9. The number of hydrogen-bond donors (Lipinski definition) is 2. The third-order valence-corrected chi connectivity index (χ3v) is 5.07. The molecule has 0 unspecified atom stereocenters. The molecule has 3 rings (SSSR count). The number of hydrogen-bond acceptors (Lipinski definition) is 3. The summed E-state index contributed by atoms with van der Waals surface area (Å²) in [6, 6.07) is -0.0409. The second-order valence-corrected chi connectivity index (χ2v) is 6.17. The molecule has 0 saturated carbocycles. The molecular formula is C14H21N3O3. The summed E-state index contributed by atoms with van der Waals surface area (Å²) in [5.74, 6) is 0.127. The highest BCUT2D eigenvalue weighted by molar-refractivity contribution is 5.86. The Hall–Kier alpha value is -1.56. The topological polar surface area (TPSA) is 86.9 Å². The minimum Gasteiger partial charge on any atom is -0.465 e. The molecule has 0 aromatic heterocycles. The first kappa shape index (κ1) is 13.4. The SMILES string of the molecule is CC[C@]1(C(=O)N2C[C@@H]3C[C@H]2CN3C(=O)O)C=C[C@@H](N)C1. The summed E-state index contributed by atoms with van der Waals surface area (Å²) in [5.41, 5.74) is 5.44. The number of rotatable bonds is 2. The Labute approximate surface area is 118 Å². The van der Waals surface area contributed by atoms with Gasteiger partial charge >= 0.3 is 6.09 Å². The van der Waals surface area contributed by atoms with Crippen LogP contribution in [0.3, 0.4) is 0 Å². The van der Waals surface area contributed by atoms with Crippen LogP contribution in [0.1, 0.15) is 26.2 Å². The molecule has 3 N–H and O–H groups in total. The van der Waals surface area contributed by atoms with Crippen molar-refractivity contribution in [3.8, 4) is 0 Å². The molecule has 2 amide bonds. The number of nitrogens with zero attached hydrogens (tertiary/aromatic N) is 2. The van der Waals surface area contributed by atoms with Gasteiger partial charge in [0, 0.05) is 19.1 Å². The Morgan fingerprint density at radius 3 is 2.45 bits per heavy atom. The maximum atomic E-state index is 12.9. The summed E-state index contributed by atoms with van der Waals surface area (Å²) in [5, 5.41) is 9.10. The number of amides is 2. The van der Waals surface area contributed by atoms with Crippen LogP contribution >= 0.6 is 0 Å². The number of carbonyl (C=O) groups is 2. The number of carboxylic acid groups (broad SMARTS) is 1. The van der Waals surface area contributed by atoms with E-state index >= 15 is 0 Å². The molecule has 6 nitrogen and oxygen atoms in total. The second-order valence-electron chi connectivity index (χ2n) is 6.17. The van der Waals surface area contributed by atoms with Crippen LogP contribution < -0.4 is 5.73 Å². The van der Waals surface area contributed by atoms with Crippen molar-refractivity contribution in [1.82, 2.24) is 9.80 Å². The van der Waals surface area contributed by atoms with Gasteiger partial charge in [0.25, 0.3) is 0 Å². The fraction of sp³-hybridized carbons (Fsp3) is 0.714. The van der Waals surface area contributed by atoms with Crippen molar-refractivity contribution in [2.24, 2.45) is 11.1 Å². The lowest BCUT2D eigenvalue weighted by molar-refractivity contribution is -0.142. The van der Waals surface area contributed by atoms with Gasteiger partial charge in [0.1, 0.15) is 0 Å². The number of carbonyl (C=O) groups excluding carboxylic acids is 1. The molecule has 1 aliphatic carbocycles. The lowest BCUT2D eigenvalue weighted by atomic mass is 9.82. The lowest BCUT2D eigenvalue weighted by Gasteiger charge is -2.38. The highest BCUT2D eigenvalue weighted by Gasteiger charge is 2.51. The average Bonchev–Trinajstić information content (AvgIpc) is 3.10. The molecular weight excluding hydrogens is 258 g/mol. The normalized spacial score (nSPS) is 38.8. The zero-order valence-electron chi connectivity index (χ0n) is 11.7. The first-order valence-corrected chi connectivity index (χ1v) is 7.22. The van der Waals surface area contributed by atoms with Crippen LogP contribution in [0.2, 0.25) is 0 Å². The Balaban J connectivity index is 1.75. The van der Waals surface area contributed by atoms with Crippen molar-refractivity contribution in [3.05, 3.63) is 12.2 Å². The number of nitrogens with two attached hydrogens (primary N) is 1.